The molecule has 3 aromatic rings. The number of hydrogen-bond acceptors (Lipinski definition) is 7. The van der Waals surface area contributed by atoms with Crippen LogP contribution < -0.4 is 4.90 Å². The number of aliphatic hydroxyl groups is 1. The second-order valence-electron chi connectivity index (χ2n) is 8.62. The van der Waals surface area contributed by atoms with Crippen molar-refractivity contribution in [2.24, 2.45) is 0 Å². The lowest BCUT2D eigenvalue weighted by Gasteiger charge is -2.22. The molecule has 1 atom stereocenters. The van der Waals surface area contributed by atoms with E-state index in [0.29, 0.717) is 59.6 Å². The molecule has 1 unspecified atom stereocenters. The molecule has 28 heavy (non-hydrogen) atoms. The number of rotatable bonds is 3. The van der Waals surface area contributed by atoms with Gasteiger partial charge in [-0.3, -0.25) is 4.98 Å². The fourth-order valence-corrected chi connectivity index (χ4v) is 3.44. The highest BCUT2D eigenvalue weighted by Gasteiger charge is 2.34. The van der Waals surface area contributed by atoms with Crippen molar-refractivity contribution in [3.05, 3.63) is 34.9 Å². The molecule has 1 fully saturated rings. The molecule has 0 aliphatic carbocycles. The number of aromatic nitrogens is 6. The Morgan fingerprint density at radius 2 is 2.04 bits per heavy atom. The SMILES string of the molecule is CC1(O)CCN(c2nc(C(C)(C)C)nc3nn(Cc4ncccc4Cl)nc23)C1. The number of fused-ring (bicyclic) bond motifs is 1. The molecule has 148 valence electrons. The van der Waals surface area contributed by atoms with Gasteiger partial charge in [0.05, 0.1) is 16.3 Å². The predicted molar refractivity (Wildman–Crippen MR) is 108 cm³/mol. The number of pyridine rings is 1. The standard InChI is InChI=1S/C19H24ClN7O/c1-18(2,3)17-22-15-14(16(23-17)26-9-7-19(4,28)11-26)24-27(25-15)10-13-12(20)6-5-8-21-13/h5-6,8,28H,7,9-11H2,1-4H3. The van der Waals surface area contributed by atoms with Gasteiger partial charge in [-0.2, -0.15) is 4.80 Å². The summed E-state index contributed by atoms with van der Waals surface area (Å²) in [4.78, 5) is 17.4. The molecule has 0 aromatic carbocycles. The second-order valence-corrected chi connectivity index (χ2v) is 9.03. The largest absolute Gasteiger partial charge is 0.388 e. The summed E-state index contributed by atoms with van der Waals surface area (Å²) in [5.74, 6) is 1.41. The van der Waals surface area contributed by atoms with Gasteiger partial charge in [0, 0.05) is 24.7 Å². The molecule has 1 N–H and O–H groups in total. The van der Waals surface area contributed by atoms with Gasteiger partial charge in [0.2, 0.25) is 5.65 Å². The lowest BCUT2D eigenvalue weighted by atomic mass is 9.96. The Bertz CT molecular complexity index is 1020. The minimum atomic E-state index is -0.739. The molecule has 1 aliphatic rings. The van der Waals surface area contributed by atoms with Gasteiger partial charge in [-0.05, 0) is 25.5 Å². The summed E-state index contributed by atoms with van der Waals surface area (Å²) in [6.07, 6.45) is 2.38. The zero-order valence-corrected chi connectivity index (χ0v) is 17.3. The molecule has 8 nitrogen and oxygen atoms in total. The average molecular weight is 402 g/mol. The molecule has 0 radical (unpaired) electrons. The Balaban J connectivity index is 1.80. The van der Waals surface area contributed by atoms with Crippen molar-refractivity contribution in [1.82, 2.24) is 29.9 Å². The van der Waals surface area contributed by atoms with Crippen molar-refractivity contribution in [2.45, 2.75) is 51.7 Å². The van der Waals surface area contributed by atoms with Gasteiger partial charge >= 0.3 is 0 Å². The van der Waals surface area contributed by atoms with Crippen LogP contribution in [-0.4, -0.2) is 53.7 Å². The summed E-state index contributed by atoms with van der Waals surface area (Å²) in [6, 6.07) is 3.58. The normalized spacial score (nSPS) is 20.3. The summed E-state index contributed by atoms with van der Waals surface area (Å²) >= 11 is 6.23. The average Bonchev–Trinajstić information content (AvgIpc) is 3.17. The van der Waals surface area contributed by atoms with Gasteiger partial charge in [-0.25, -0.2) is 9.97 Å². The van der Waals surface area contributed by atoms with Crippen LogP contribution in [0.15, 0.2) is 18.3 Å². The summed E-state index contributed by atoms with van der Waals surface area (Å²) in [5.41, 5.74) is 0.876. The maximum absolute atomic E-state index is 10.4. The number of halogens is 1. The fourth-order valence-electron chi connectivity index (χ4n) is 3.26. The van der Waals surface area contributed by atoms with Gasteiger partial charge in [-0.15, -0.1) is 10.2 Å². The van der Waals surface area contributed by atoms with Crippen LogP contribution in [0.3, 0.4) is 0 Å². The molecule has 1 aliphatic heterocycles. The Morgan fingerprint density at radius 1 is 1.25 bits per heavy atom. The van der Waals surface area contributed by atoms with Crippen molar-refractivity contribution in [3.63, 3.8) is 0 Å². The first-order valence-electron chi connectivity index (χ1n) is 9.32. The third-order valence-electron chi connectivity index (χ3n) is 4.82. The first kappa shape index (κ1) is 19.0. The highest BCUT2D eigenvalue weighted by molar-refractivity contribution is 6.31. The smallest absolute Gasteiger partial charge is 0.207 e. The van der Waals surface area contributed by atoms with E-state index in [1.165, 1.54) is 0 Å². The second kappa shape index (κ2) is 6.63. The molecule has 4 heterocycles. The van der Waals surface area contributed by atoms with Crippen LogP contribution in [-0.2, 0) is 12.0 Å². The van der Waals surface area contributed by atoms with Gasteiger partial charge in [-0.1, -0.05) is 32.4 Å². The topological polar surface area (TPSA) is 92.8 Å². The quantitative estimate of drug-likeness (QED) is 0.720. The zero-order valence-electron chi connectivity index (χ0n) is 16.5. The number of β-amino-alcohol motifs (C(OH)–C–C–N with tert-alkyl or cyclic N) is 1. The van der Waals surface area contributed by atoms with Gasteiger partial charge < -0.3 is 10.0 Å². The highest BCUT2D eigenvalue weighted by atomic mass is 35.5. The molecular weight excluding hydrogens is 378 g/mol. The van der Waals surface area contributed by atoms with Crippen molar-refractivity contribution in [1.29, 1.82) is 0 Å². The Hall–Kier alpha value is -2.32. The van der Waals surface area contributed by atoms with E-state index >= 15 is 0 Å². The molecule has 1 saturated heterocycles. The van der Waals surface area contributed by atoms with Crippen LogP contribution in [0.5, 0.6) is 0 Å². The third-order valence-corrected chi connectivity index (χ3v) is 5.16. The van der Waals surface area contributed by atoms with Crippen molar-refractivity contribution in [2.75, 3.05) is 18.0 Å². The van der Waals surface area contributed by atoms with E-state index in [2.05, 4.69) is 45.8 Å². The Kier molecular flexibility index (Phi) is 4.50. The third kappa shape index (κ3) is 3.66. The van der Waals surface area contributed by atoms with Crippen LogP contribution in [0, 0.1) is 0 Å². The molecule has 9 heteroatoms. The maximum Gasteiger partial charge on any atom is 0.207 e. The molecule has 0 amide bonds. The first-order chi connectivity index (χ1) is 13.1. The number of hydrogen-bond donors (Lipinski definition) is 1. The number of anilines is 1. The number of nitrogens with zero attached hydrogens (tertiary/aromatic N) is 7. The lowest BCUT2D eigenvalue weighted by Crippen LogP contribution is -2.31. The van der Waals surface area contributed by atoms with E-state index in [0.717, 1.165) is 0 Å². The van der Waals surface area contributed by atoms with Gasteiger partial charge in [0.15, 0.2) is 11.3 Å². The summed E-state index contributed by atoms with van der Waals surface area (Å²) < 4.78 is 0. The first-order valence-corrected chi connectivity index (χ1v) is 9.70. The highest BCUT2D eigenvalue weighted by Crippen LogP contribution is 2.31. The van der Waals surface area contributed by atoms with E-state index in [-0.39, 0.29) is 5.41 Å². The molecule has 4 rings (SSSR count). The van der Waals surface area contributed by atoms with Crippen LogP contribution >= 0.6 is 11.6 Å². The van der Waals surface area contributed by atoms with Crippen LogP contribution in [0.25, 0.3) is 11.2 Å². The van der Waals surface area contributed by atoms with Crippen LogP contribution in [0.1, 0.15) is 45.6 Å². The maximum atomic E-state index is 10.4. The van der Waals surface area contributed by atoms with Crippen molar-refractivity contribution in [3.8, 4) is 0 Å². The van der Waals surface area contributed by atoms with E-state index in [1.54, 1.807) is 23.1 Å². The van der Waals surface area contributed by atoms with E-state index in [4.69, 9.17) is 16.6 Å². The summed E-state index contributed by atoms with van der Waals surface area (Å²) in [6.45, 7) is 9.60. The van der Waals surface area contributed by atoms with Gasteiger partial charge in [0.1, 0.15) is 12.4 Å². The molecule has 0 bridgehead atoms. The summed E-state index contributed by atoms with van der Waals surface area (Å²) in [5, 5.41) is 20.2. The minimum Gasteiger partial charge on any atom is -0.388 e. The van der Waals surface area contributed by atoms with E-state index in [9.17, 15) is 5.11 Å². The van der Waals surface area contributed by atoms with Crippen molar-refractivity contribution >= 4 is 28.6 Å². The lowest BCUT2D eigenvalue weighted by molar-refractivity contribution is 0.0839. The zero-order chi connectivity index (χ0) is 20.1. The Morgan fingerprint density at radius 3 is 2.68 bits per heavy atom. The Labute approximate surface area is 168 Å². The minimum absolute atomic E-state index is 0.237. The van der Waals surface area contributed by atoms with Crippen LogP contribution in [0.4, 0.5) is 5.82 Å². The van der Waals surface area contributed by atoms with E-state index < -0.39 is 5.60 Å². The molecular formula is C19H24ClN7O. The van der Waals surface area contributed by atoms with Gasteiger partial charge in [0.25, 0.3) is 0 Å². The molecule has 0 saturated carbocycles. The van der Waals surface area contributed by atoms with E-state index in [1.807, 2.05) is 6.92 Å². The fraction of sp³-hybridized carbons (Fsp3) is 0.526. The summed E-state index contributed by atoms with van der Waals surface area (Å²) in [7, 11) is 0. The molecule has 0 spiro atoms. The predicted octanol–water partition coefficient (Wildman–Crippen LogP) is 2.58. The monoisotopic (exact) mass is 401 g/mol. The molecule has 3 aromatic heterocycles. The van der Waals surface area contributed by atoms with Crippen molar-refractivity contribution < 1.29 is 5.11 Å². The van der Waals surface area contributed by atoms with Crippen LogP contribution in [0.2, 0.25) is 5.02 Å².